The maximum absolute atomic E-state index is 11.6. The van der Waals surface area contributed by atoms with Crippen molar-refractivity contribution in [1.82, 2.24) is 10.0 Å². The summed E-state index contributed by atoms with van der Waals surface area (Å²) in [7, 11) is -3.20. The average Bonchev–Trinajstić information content (AvgIpc) is 2.12. The summed E-state index contributed by atoms with van der Waals surface area (Å²) in [5.74, 6) is 0.0989. The van der Waals surface area contributed by atoms with Crippen molar-refractivity contribution in [2.24, 2.45) is 0 Å². The van der Waals surface area contributed by atoms with Crippen LogP contribution in [0.2, 0.25) is 0 Å². The van der Waals surface area contributed by atoms with Gasteiger partial charge in [-0.25, -0.2) is 13.1 Å². The fourth-order valence-electron chi connectivity index (χ4n) is 1.18. The standard InChI is InChI=1S/C10H24N2O3S/c1-5-15-8-10(4)12-16(13,14)7-6-11-9(2)3/h9-12H,5-8H2,1-4H3. The summed E-state index contributed by atoms with van der Waals surface area (Å²) in [6.07, 6.45) is 0. The maximum atomic E-state index is 11.6. The predicted molar refractivity (Wildman–Crippen MR) is 66.0 cm³/mol. The van der Waals surface area contributed by atoms with Gasteiger partial charge in [0.2, 0.25) is 10.0 Å². The van der Waals surface area contributed by atoms with Gasteiger partial charge in [-0.2, -0.15) is 0 Å². The van der Waals surface area contributed by atoms with E-state index in [2.05, 4.69) is 10.0 Å². The molecule has 16 heavy (non-hydrogen) atoms. The third-order valence-corrected chi connectivity index (χ3v) is 3.38. The molecule has 0 aromatic carbocycles. The Morgan fingerprint density at radius 3 is 2.38 bits per heavy atom. The minimum absolute atomic E-state index is 0.0989. The number of hydrogen-bond donors (Lipinski definition) is 2. The van der Waals surface area contributed by atoms with Crippen molar-refractivity contribution in [2.75, 3.05) is 25.5 Å². The van der Waals surface area contributed by atoms with Crippen LogP contribution in [0.15, 0.2) is 0 Å². The van der Waals surface area contributed by atoms with Gasteiger partial charge in [0.25, 0.3) is 0 Å². The van der Waals surface area contributed by atoms with Crippen LogP contribution in [0, 0.1) is 0 Å². The maximum Gasteiger partial charge on any atom is 0.213 e. The molecule has 0 bridgehead atoms. The molecule has 0 aromatic heterocycles. The number of rotatable bonds is 9. The molecule has 1 unspecified atom stereocenters. The molecule has 0 saturated carbocycles. The van der Waals surface area contributed by atoms with Crippen molar-refractivity contribution < 1.29 is 13.2 Å². The van der Waals surface area contributed by atoms with Crippen molar-refractivity contribution in [3.05, 3.63) is 0 Å². The second kappa shape index (κ2) is 8.00. The zero-order valence-corrected chi connectivity index (χ0v) is 11.4. The molecular formula is C10H24N2O3S. The van der Waals surface area contributed by atoms with E-state index in [1.54, 1.807) is 6.92 Å². The van der Waals surface area contributed by atoms with E-state index in [0.29, 0.717) is 25.8 Å². The normalized spacial score (nSPS) is 14.3. The number of nitrogens with one attached hydrogen (secondary N) is 2. The Morgan fingerprint density at radius 2 is 1.88 bits per heavy atom. The van der Waals surface area contributed by atoms with E-state index in [1.807, 2.05) is 20.8 Å². The van der Waals surface area contributed by atoms with E-state index in [-0.39, 0.29) is 11.8 Å². The molecule has 0 amide bonds. The van der Waals surface area contributed by atoms with Crippen LogP contribution in [0.3, 0.4) is 0 Å². The van der Waals surface area contributed by atoms with Crippen molar-refractivity contribution in [2.45, 2.75) is 39.8 Å². The zero-order chi connectivity index (χ0) is 12.6. The van der Waals surface area contributed by atoms with Crippen molar-refractivity contribution in [3.8, 4) is 0 Å². The first-order chi connectivity index (χ1) is 7.37. The van der Waals surface area contributed by atoms with Crippen LogP contribution in [0.5, 0.6) is 0 Å². The Morgan fingerprint density at radius 1 is 1.25 bits per heavy atom. The Bertz CT molecular complexity index is 265. The molecule has 0 saturated heterocycles. The van der Waals surface area contributed by atoms with Crippen molar-refractivity contribution in [3.63, 3.8) is 0 Å². The molecule has 0 heterocycles. The number of hydrogen-bond acceptors (Lipinski definition) is 4. The van der Waals surface area contributed by atoms with Gasteiger partial charge in [-0.05, 0) is 13.8 Å². The highest BCUT2D eigenvalue weighted by atomic mass is 32.2. The lowest BCUT2D eigenvalue weighted by Crippen LogP contribution is -2.40. The first-order valence-electron chi connectivity index (χ1n) is 5.68. The summed E-state index contributed by atoms with van der Waals surface area (Å²) in [6, 6.07) is 0.125. The Kier molecular flexibility index (Phi) is 7.91. The van der Waals surface area contributed by atoms with Crippen LogP contribution >= 0.6 is 0 Å². The molecule has 98 valence electrons. The molecule has 0 rings (SSSR count). The topological polar surface area (TPSA) is 67.4 Å². The lowest BCUT2D eigenvalue weighted by molar-refractivity contribution is 0.133. The third-order valence-electron chi connectivity index (χ3n) is 1.88. The van der Waals surface area contributed by atoms with Crippen LogP contribution in [0.1, 0.15) is 27.7 Å². The van der Waals surface area contributed by atoms with E-state index >= 15 is 0 Å². The fourth-order valence-corrected chi connectivity index (χ4v) is 2.36. The van der Waals surface area contributed by atoms with Crippen LogP contribution in [-0.2, 0) is 14.8 Å². The fraction of sp³-hybridized carbons (Fsp3) is 1.00. The minimum atomic E-state index is -3.20. The summed E-state index contributed by atoms with van der Waals surface area (Å²) in [5, 5.41) is 3.07. The SMILES string of the molecule is CCOCC(C)NS(=O)(=O)CCNC(C)C. The predicted octanol–water partition coefficient (Wildman–Crippen LogP) is 0.329. The van der Waals surface area contributed by atoms with Gasteiger partial charge in [0.05, 0.1) is 12.4 Å². The van der Waals surface area contributed by atoms with Crippen molar-refractivity contribution in [1.29, 1.82) is 0 Å². The molecule has 5 nitrogen and oxygen atoms in total. The van der Waals surface area contributed by atoms with Crippen LogP contribution in [0.25, 0.3) is 0 Å². The molecule has 0 aliphatic carbocycles. The molecule has 0 radical (unpaired) electrons. The van der Waals surface area contributed by atoms with Crippen LogP contribution in [-0.4, -0.2) is 46.0 Å². The van der Waals surface area contributed by atoms with Gasteiger partial charge in [0.15, 0.2) is 0 Å². The van der Waals surface area contributed by atoms with E-state index < -0.39 is 10.0 Å². The summed E-state index contributed by atoms with van der Waals surface area (Å²) in [4.78, 5) is 0. The number of sulfonamides is 1. The van der Waals surface area contributed by atoms with E-state index in [0.717, 1.165) is 0 Å². The highest BCUT2D eigenvalue weighted by Gasteiger charge is 2.14. The van der Waals surface area contributed by atoms with Gasteiger partial charge in [0.1, 0.15) is 0 Å². The lowest BCUT2D eigenvalue weighted by atomic mass is 10.4. The first-order valence-corrected chi connectivity index (χ1v) is 7.33. The van der Waals surface area contributed by atoms with Gasteiger partial charge >= 0.3 is 0 Å². The summed E-state index contributed by atoms with van der Waals surface area (Å²) < 4.78 is 30.9. The first kappa shape index (κ1) is 15.8. The van der Waals surface area contributed by atoms with Gasteiger partial charge in [-0.3, -0.25) is 0 Å². The molecule has 6 heteroatoms. The van der Waals surface area contributed by atoms with Crippen LogP contribution in [0.4, 0.5) is 0 Å². The third kappa shape index (κ3) is 9.08. The number of ether oxygens (including phenoxy) is 1. The molecule has 0 fully saturated rings. The van der Waals surface area contributed by atoms with Gasteiger partial charge < -0.3 is 10.1 Å². The second-order valence-corrected chi connectivity index (χ2v) is 5.98. The molecule has 0 aliphatic rings. The Balaban J connectivity index is 3.85. The average molecular weight is 252 g/mol. The van der Waals surface area contributed by atoms with Gasteiger partial charge in [-0.1, -0.05) is 13.8 Å². The summed E-state index contributed by atoms with van der Waals surface area (Å²) >= 11 is 0. The van der Waals surface area contributed by atoms with Gasteiger partial charge in [-0.15, -0.1) is 0 Å². The summed E-state index contributed by atoms with van der Waals surface area (Å²) in [5.41, 5.74) is 0. The molecule has 0 spiro atoms. The van der Waals surface area contributed by atoms with Gasteiger partial charge in [0, 0.05) is 25.2 Å². The van der Waals surface area contributed by atoms with E-state index in [4.69, 9.17) is 4.74 Å². The highest BCUT2D eigenvalue weighted by Crippen LogP contribution is 1.91. The largest absolute Gasteiger partial charge is 0.380 e. The lowest BCUT2D eigenvalue weighted by Gasteiger charge is -2.14. The van der Waals surface area contributed by atoms with E-state index in [1.165, 1.54) is 0 Å². The molecule has 0 aliphatic heterocycles. The Hall–Kier alpha value is -0.170. The molecule has 0 aromatic rings. The molecular weight excluding hydrogens is 228 g/mol. The molecule has 1 atom stereocenters. The minimum Gasteiger partial charge on any atom is -0.380 e. The quantitative estimate of drug-likeness (QED) is 0.620. The van der Waals surface area contributed by atoms with Crippen LogP contribution < -0.4 is 10.0 Å². The smallest absolute Gasteiger partial charge is 0.213 e. The monoisotopic (exact) mass is 252 g/mol. The molecule has 2 N–H and O–H groups in total. The second-order valence-electron chi connectivity index (χ2n) is 4.11. The van der Waals surface area contributed by atoms with Crippen molar-refractivity contribution >= 4 is 10.0 Å². The summed E-state index contributed by atoms with van der Waals surface area (Å²) in [6.45, 7) is 9.12. The zero-order valence-electron chi connectivity index (χ0n) is 10.6. The van der Waals surface area contributed by atoms with E-state index in [9.17, 15) is 8.42 Å². The Labute approximate surface area is 99.0 Å². The highest BCUT2D eigenvalue weighted by molar-refractivity contribution is 7.89.